The van der Waals surface area contributed by atoms with Crippen LogP contribution >= 0.6 is 0 Å². The lowest BCUT2D eigenvalue weighted by Gasteiger charge is -2.40. The van der Waals surface area contributed by atoms with Gasteiger partial charge in [-0.3, -0.25) is 0 Å². The quantitative estimate of drug-likeness (QED) is 0.0840. The molecule has 0 aromatic heterocycles. The van der Waals surface area contributed by atoms with Gasteiger partial charge in [0.1, 0.15) is 11.5 Å². The molecule has 0 atom stereocenters. The number of ether oxygens (including phenoxy) is 8. The van der Waals surface area contributed by atoms with Crippen molar-refractivity contribution in [1.29, 1.82) is 0 Å². The maximum Gasteiger partial charge on any atom is 0.205 e. The molecule has 0 radical (unpaired) electrons. The number of hydrogen-bond donors (Lipinski definition) is 0. The van der Waals surface area contributed by atoms with E-state index < -0.39 is 5.41 Å². The maximum absolute atomic E-state index is 6.74. The average Bonchev–Trinajstić information content (AvgIpc) is 3.42. The van der Waals surface area contributed by atoms with Crippen LogP contribution in [0.2, 0.25) is 0 Å². The van der Waals surface area contributed by atoms with Crippen LogP contribution in [0, 0.1) is 13.8 Å². The zero-order valence-corrected chi connectivity index (χ0v) is 31.2. The van der Waals surface area contributed by atoms with Gasteiger partial charge in [-0.15, -0.1) is 0 Å². The standard InChI is InChI=1S/C43H50O8/c1-11-44-35-27(9)37(46-13-3)41(50-17-7)39(48-15-5)33(35)43(31-25-21-19-23-29(31)30-24-20-22-26-32(30)43)34-36(45-12-2)28(10)38(47-14-4)42(51-18-8)40(34)49-16-6/h13-14,19-26H,3-4,11-12,15-18H2,1-2,5-10H3. The second kappa shape index (κ2) is 16.2. The van der Waals surface area contributed by atoms with Gasteiger partial charge < -0.3 is 37.9 Å². The van der Waals surface area contributed by atoms with Crippen LogP contribution in [0.5, 0.6) is 46.0 Å². The number of rotatable bonds is 18. The van der Waals surface area contributed by atoms with E-state index >= 15 is 0 Å². The molecule has 0 saturated carbocycles. The Balaban J connectivity index is 2.23. The minimum atomic E-state index is -1.18. The first-order valence-corrected chi connectivity index (χ1v) is 17.8. The molecule has 8 nitrogen and oxygen atoms in total. The van der Waals surface area contributed by atoms with Crippen molar-refractivity contribution in [3.8, 4) is 57.1 Å². The Bertz CT molecular complexity index is 1760. The minimum Gasteiger partial charge on any atom is -0.493 e. The molecule has 8 heteroatoms. The summed E-state index contributed by atoms with van der Waals surface area (Å²) in [6.45, 7) is 25.5. The summed E-state index contributed by atoms with van der Waals surface area (Å²) < 4.78 is 52.1. The second-order valence-electron chi connectivity index (χ2n) is 11.6. The lowest BCUT2D eigenvalue weighted by molar-refractivity contribution is 0.257. The van der Waals surface area contributed by atoms with Crippen molar-refractivity contribution in [2.75, 3.05) is 39.6 Å². The smallest absolute Gasteiger partial charge is 0.205 e. The van der Waals surface area contributed by atoms with E-state index in [9.17, 15) is 0 Å². The minimum absolute atomic E-state index is 0.334. The van der Waals surface area contributed by atoms with Crippen molar-refractivity contribution in [2.24, 2.45) is 0 Å². The second-order valence-corrected chi connectivity index (χ2v) is 11.6. The predicted octanol–water partition coefficient (Wildman–Crippen LogP) is 10.1. The molecule has 0 fully saturated rings. The molecule has 0 heterocycles. The van der Waals surface area contributed by atoms with Gasteiger partial charge >= 0.3 is 0 Å². The van der Waals surface area contributed by atoms with Crippen molar-refractivity contribution in [3.63, 3.8) is 0 Å². The highest BCUT2D eigenvalue weighted by Gasteiger charge is 2.55. The topological polar surface area (TPSA) is 73.8 Å². The Morgan fingerprint density at radius 2 is 0.765 bits per heavy atom. The average molecular weight is 695 g/mol. The van der Waals surface area contributed by atoms with Crippen LogP contribution < -0.4 is 37.9 Å². The fourth-order valence-electron chi connectivity index (χ4n) is 7.36. The molecular formula is C43H50O8. The first-order valence-electron chi connectivity index (χ1n) is 17.8. The molecule has 0 N–H and O–H groups in total. The molecule has 4 aromatic carbocycles. The number of hydrogen-bond acceptors (Lipinski definition) is 8. The molecule has 270 valence electrons. The zero-order chi connectivity index (χ0) is 36.7. The highest BCUT2D eigenvalue weighted by molar-refractivity contribution is 5.92. The van der Waals surface area contributed by atoms with Crippen LogP contribution in [0.4, 0.5) is 0 Å². The summed E-state index contributed by atoms with van der Waals surface area (Å²) in [5.41, 5.74) is 5.78. The highest BCUT2D eigenvalue weighted by Crippen LogP contribution is 2.68. The van der Waals surface area contributed by atoms with Gasteiger partial charge in [-0.05, 0) is 77.6 Å². The first-order chi connectivity index (χ1) is 24.9. The summed E-state index contributed by atoms with van der Waals surface area (Å²) in [4.78, 5) is 0. The summed E-state index contributed by atoms with van der Waals surface area (Å²) in [6.07, 6.45) is 2.78. The normalized spacial score (nSPS) is 12.3. The van der Waals surface area contributed by atoms with Crippen molar-refractivity contribution >= 4 is 0 Å². The third-order valence-electron chi connectivity index (χ3n) is 8.93. The van der Waals surface area contributed by atoms with E-state index in [4.69, 9.17) is 37.9 Å². The lowest BCUT2D eigenvalue weighted by Crippen LogP contribution is -2.33. The lowest BCUT2D eigenvalue weighted by atomic mass is 9.65. The highest BCUT2D eigenvalue weighted by atomic mass is 16.6. The predicted molar refractivity (Wildman–Crippen MR) is 202 cm³/mol. The van der Waals surface area contributed by atoms with Gasteiger partial charge in [0.05, 0.1) is 68.7 Å². The van der Waals surface area contributed by atoms with E-state index in [1.807, 2.05) is 55.4 Å². The van der Waals surface area contributed by atoms with Crippen molar-refractivity contribution in [1.82, 2.24) is 0 Å². The van der Waals surface area contributed by atoms with Crippen LogP contribution in [0.1, 0.15) is 74.9 Å². The molecule has 0 spiro atoms. The molecule has 5 rings (SSSR count). The van der Waals surface area contributed by atoms with E-state index in [0.29, 0.717) is 85.6 Å². The van der Waals surface area contributed by atoms with Gasteiger partial charge in [-0.1, -0.05) is 61.7 Å². The summed E-state index contributed by atoms with van der Waals surface area (Å²) in [5, 5.41) is 0. The molecule has 0 saturated heterocycles. The molecule has 51 heavy (non-hydrogen) atoms. The molecule has 1 aliphatic carbocycles. The van der Waals surface area contributed by atoms with Crippen molar-refractivity contribution in [2.45, 2.75) is 60.8 Å². The van der Waals surface area contributed by atoms with Gasteiger partial charge in [0.2, 0.25) is 11.5 Å². The molecule has 0 aliphatic heterocycles. The Morgan fingerprint density at radius 3 is 1.10 bits per heavy atom. The monoisotopic (exact) mass is 694 g/mol. The van der Waals surface area contributed by atoms with E-state index in [-0.39, 0.29) is 0 Å². The number of benzene rings is 4. The van der Waals surface area contributed by atoms with Crippen LogP contribution in [0.25, 0.3) is 11.1 Å². The first kappa shape index (κ1) is 37.0. The summed E-state index contributed by atoms with van der Waals surface area (Å²) in [6, 6.07) is 16.8. The van der Waals surface area contributed by atoms with Gasteiger partial charge in [0.25, 0.3) is 0 Å². The van der Waals surface area contributed by atoms with E-state index in [0.717, 1.165) is 44.5 Å². The van der Waals surface area contributed by atoms with Crippen LogP contribution in [0.15, 0.2) is 74.2 Å². The molecular weight excluding hydrogens is 644 g/mol. The van der Waals surface area contributed by atoms with E-state index in [2.05, 4.69) is 61.7 Å². The van der Waals surface area contributed by atoms with Gasteiger partial charge in [0.15, 0.2) is 23.0 Å². The summed E-state index contributed by atoms with van der Waals surface area (Å²) in [5.74, 6) is 3.94. The summed E-state index contributed by atoms with van der Waals surface area (Å²) >= 11 is 0. The molecule has 0 unspecified atom stereocenters. The SMILES string of the molecule is C=COc1c(C)c(OCC)c(C2(c3c(OCC)c(C)c(OC=C)c(OCC)c3OCC)c3ccccc3-c3ccccc32)c(OCC)c1OCC. The van der Waals surface area contributed by atoms with E-state index in [1.165, 1.54) is 12.5 Å². The van der Waals surface area contributed by atoms with Gasteiger partial charge in [0, 0.05) is 11.1 Å². The Labute approximate surface area is 302 Å². The zero-order valence-electron chi connectivity index (χ0n) is 31.2. The third-order valence-corrected chi connectivity index (χ3v) is 8.93. The molecule has 4 aromatic rings. The fraction of sp³-hybridized carbons (Fsp3) is 0.349. The van der Waals surface area contributed by atoms with Gasteiger partial charge in [-0.25, -0.2) is 0 Å². The summed E-state index contributed by atoms with van der Waals surface area (Å²) in [7, 11) is 0. The maximum atomic E-state index is 6.74. The van der Waals surface area contributed by atoms with Crippen LogP contribution in [-0.2, 0) is 5.41 Å². The third kappa shape index (κ3) is 6.00. The molecule has 0 bridgehead atoms. The molecule has 1 aliphatic rings. The van der Waals surface area contributed by atoms with Crippen LogP contribution in [0.3, 0.4) is 0 Å². The van der Waals surface area contributed by atoms with Gasteiger partial charge in [-0.2, -0.15) is 0 Å². The Kier molecular flexibility index (Phi) is 11.8. The van der Waals surface area contributed by atoms with E-state index in [1.54, 1.807) is 0 Å². The number of fused-ring (bicyclic) bond motifs is 3. The van der Waals surface area contributed by atoms with Crippen molar-refractivity contribution < 1.29 is 37.9 Å². The van der Waals surface area contributed by atoms with Crippen LogP contribution in [-0.4, -0.2) is 39.6 Å². The fourth-order valence-corrected chi connectivity index (χ4v) is 7.36. The largest absolute Gasteiger partial charge is 0.493 e. The molecule has 0 amide bonds. The Morgan fingerprint density at radius 1 is 0.451 bits per heavy atom. The van der Waals surface area contributed by atoms with Crippen molar-refractivity contribution in [3.05, 3.63) is 108 Å². The Hall–Kier alpha value is -5.24.